The number of benzene rings is 2. The van der Waals surface area contributed by atoms with E-state index in [9.17, 15) is 5.11 Å². The van der Waals surface area contributed by atoms with Gasteiger partial charge in [-0.3, -0.25) is 0 Å². The minimum atomic E-state index is 0.0829. The maximum absolute atomic E-state index is 9.34. The zero-order valence-electron chi connectivity index (χ0n) is 18.5. The molecule has 1 atom stereocenters. The Morgan fingerprint density at radius 3 is 2.07 bits per heavy atom. The lowest BCUT2D eigenvalue weighted by Crippen LogP contribution is -2.09. The smallest absolute Gasteiger partial charge is 0.125 e. The van der Waals surface area contributed by atoms with Gasteiger partial charge in [0.2, 0.25) is 0 Å². The molecular weight excluding hydrogens is 344 g/mol. The van der Waals surface area contributed by atoms with Gasteiger partial charge >= 0.3 is 0 Å². The first-order valence-corrected chi connectivity index (χ1v) is 10.8. The second-order valence-corrected chi connectivity index (χ2v) is 8.34. The molecule has 0 aliphatic heterocycles. The number of unbranched alkanes of at least 4 members (excludes halogenated alkanes) is 1. The van der Waals surface area contributed by atoms with Crippen molar-refractivity contribution in [1.82, 2.24) is 0 Å². The molecule has 2 aromatic carbocycles. The Bertz CT molecular complexity index is 725. The zero-order valence-corrected chi connectivity index (χ0v) is 18.5. The van der Waals surface area contributed by atoms with E-state index in [0.717, 1.165) is 41.4 Å². The largest absolute Gasteiger partial charge is 0.493 e. The van der Waals surface area contributed by atoms with Crippen LogP contribution in [0.2, 0.25) is 0 Å². The Labute approximate surface area is 172 Å². The van der Waals surface area contributed by atoms with Gasteiger partial charge in [0.05, 0.1) is 13.2 Å². The van der Waals surface area contributed by atoms with Gasteiger partial charge in [-0.05, 0) is 86.3 Å². The summed E-state index contributed by atoms with van der Waals surface area (Å²) in [5, 5.41) is 9.34. The molecule has 0 radical (unpaired) electrons. The Kier molecular flexibility index (Phi) is 9.05. The third-order valence-electron chi connectivity index (χ3n) is 5.77. The van der Waals surface area contributed by atoms with Gasteiger partial charge in [0, 0.05) is 0 Å². The van der Waals surface area contributed by atoms with Crippen LogP contribution < -0.4 is 4.74 Å². The number of rotatable bonds is 11. The Morgan fingerprint density at radius 2 is 1.46 bits per heavy atom. The average molecular weight is 383 g/mol. The fourth-order valence-corrected chi connectivity index (χ4v) is 4.01. The molecule has 0 saturated heterocycles. The highest BCUT2D eigenvalue weighted by Crippen LogP contribution is 2.26. The quantitative estimate of drug-likeness (QED) is 0.442. The van der Waals surface area contributed by atoms with Crippen LogP contribution in [0.1, 0.15) is 72.4 Å². The molecule has 2 rings (SSSR count). The van der Waals surface area contributed by atoms with Crippen molar-refractivity contribution >= 4 is 0 Å². The Morgan fingerprint density at radius 1 is 0.821 bits per heavy atom. The van der Waals surface area contributed by atoms with Crippen molar-refractivity contribution in [2.45, 2.75) is 79.8 Å². The predicted octanol–water partition coefficient (Wildman–Crippen LogP) is 6.62. The molecule has 2 aromatic rings. The highest BCUT2D eigenvalue weighted by molar-refractivity contribution is 5.43. The second-order valence-electron chi connectivity index (χ2n) is 8.34. The van der Waals surface area contributed by atoms with Gasteiger partial charge in [0.25, 0.3) is 0 Å². The highest BCUT2D eigenvalue weighted by atomic mass is 16.5. The van der Waals surface area contributed by atoms with E-state index in [1.165, 1.54) is 48.8 Å². The van der Waals surface area contributed by atoms with Crippen molar-refractivity contribution in [3.05, 3.63) is 63.7 Å². The summed E-state index contributed by atoms with van der Waals surface area (Å²) in [6.45, 7) is 11.6. The standard InChI is InChI=1S/C26H38O2/c1-6-7-9-23(17-24-12-11-19(2)20(3)14-24)10-8-13-28-26-21(4)15-25(18-27)16-22(26)5/h11-12,14-16,23,27H,6-10,13,17-18H2,1-5H3. The van der Waals surface area contributed by atoms with Crippen molar-refractivity contribution in [3.8, 4) is 5.75 Å². The minimum absolute atomic E-state index is 0.0829. The van der Waals surface area contributed by atoms with E-state index in [1.807, 2.05) is 12.1 Å². The van der Waals surface area contributed by atoms with E-state index >= 15 is 0 Å². The summed E-state index contributed by atoms with van der Waals surface area (Å²) in [6, 6.07) is 11.0. The van der Waals surface area contributed by atoms with Crippen LogP contribution in [-0.4, -0.2) is 11.7 Å². The minimum Gasteiger partial charge on any atom is -0.493 e. The van der Waals surface area contributed by atoms with Crippen LogP contribution in [-0.2, 0) is 13.0 Å². The first-order chi connectivity index (χ1) is 13.4. The number of hydrogen-bond donors (Lipinski definition) is 1. The maximum Gasteiger partial charge on any atom is 0.125 e. The molecule has 0 aliphatic carbocycles. The normalized spacial score (nSPS) is 12.2. The van der Waals surface area contributed by atoms with E-state index in [0.29, 0.717) is 0 Å². The molecule has 0 aliphatic rings. The van der Waals surface area contributed by atoms with Gasteiger partial charge in [-0.1, -0.05) is 56.5 Å². The molecule has 0 aromatic heterocycles. The number of aliphatic hydroxyl groups excluding tert-OH is 1. The summed E-state index contributed by atoms with van der Waals surface area (Å²) in [6.07, 6.45) is 7.32. The maximum atomic E-state index is 9.34. The van der Waals surface area contributed by atoms with E-state index in [-0.39, 0.29) is 6.61 Å². The lowest BCUT2D eigenvalue weighted by atomic mass is 9.89. The average Bonchev–Trinajstić information content (AvgIpc) is 2.67. The van der Waals surface area contributed by atoms with Gasteiger partial charge in [-0.2, -0.15) is 0 Å². The molecule has 0 saturated carbocycles. The number of aryl methyl sites for hydroxylation is 4. The molecule has 1 N–H and O–H groups in total. The third kappa shape index (κ3) is 6.67. The second kappa shape index (κ2) is 11.3. The van der Waals surface area contributed by atoms with Gasteiger partial charge in [0.15, 0.2) is 0 Å². The molecule has 0 spiro atoms. The molecule has 0 fully saturated rings. The SMILES string of the molecule is CCCCC(CCCOc1c(C)cc(CO)cc1C)Cc1ccc(C)c(C)c1. The van der Waals surface area contributed by atoms with E-state index in [2.05, 4.69) is 52.8 Å². The molecular formula is C26H38O2. The van der Waals surface area contributed by atoms with Crippen molar-refractivity contribution in [2.24, 2.45) is 5.92 Å². The molecule has 154 valence electrons. The van der Waals surface area contributed by atoms with Gasteiger partial charge in [-0.25, -0.2) is 0 Å². The van der Waals surface area contributed by atoms with Gasteiger partial charge in [0.1, 0.15) is 5.75 Å². The van der Waals surface area contributed by atoms with Crippen LogP contribution in [0.25, 0.3) is 0 Å². The molecule has 0 amide bonds. The summed E-state index contributed by atoms with van der Waals surface area (Å²) in [5.41, 5.74) is 7.42. The van der Waals surface area contributed by atoms with Crippen molar-refractivity contribution in [3.63, 3.8) is 0 Å². The van der Waals surface area contributed by atoms with E-state index in [1.54, 1.807) is 0 Å². The first kappa shape index (κ1) is 22.5. The zero-order chi connectivity index (χ0) is 20.5. The van der Waals surface area contributed by atoms with Crippen LogP contribution in [0.4, 0.5) is 0 Å². The molecule has 0 heterocycles. The summed E-state index contributed by atoms with van der Waals surface area (Å²) < 4.78 is 6.13. The molecule has 0 bridgehead atoms. The van der Waals surface area contributed by atoms with E-state index < -0.39 is 0 Å². The van der Waals surface area contributed by atoms with Crippen LogP contribution in [0.15, 0.2) is 30.3 Å². The molecule has 2 heteroatoms. The summed E-state index contributed by atoms with van der Waals surface area (Å²) >= 11 is 0. The first-order valence-electron chi connectivity index (χ1n) is 10.8. The van der Waals surface area contributed by atoms with Gasteiger partial charge in [-0.15, -0.1) is 0 Å². The van der Waals surface area contributed by atoms with Crippen LogP contribution >= 0.6 is 0 Å². The summed E-state index contributed by atoms with van der Waals surface area (Å²) in [5.74, 6) is 1.71. The predicted molar refractivity (Wildman–Crippen MR) is 119 cm³/mol. The molecule has 2 nitrogen and oxygen atoms in total. The fourth-order valence-electron chi connectivity index (χ4n) is 4.01. The lowest BCUT2D eigenvalue weighted by Gasteiger charge is -2.19. The number of hydrogen-bond acceptors (Lipinski definition) is 2. The number of aliphatic hydroxyl groups is 1. The Balaban J connectivity index is 1.90. The van der Waals surface area contributed by atoms with Crippen LogP contribution in [0.3, 0.4) is 0 Å². The van der Waals surface area contributed by atoms with Crippen LogP contribution in [0, 0.1) is 33.6 Å². The molecule has 1 unspecified atom stereocenters. The van der Waals surface area contributed by atoms with Crippen molar-refractivity contribution < 1.29 is 9.84 Å². The topological polar surface area (TPSA) is 29.5 Å². The molecule has 28 heavy (non-hydrogen) atoms. The monoisotopic (exact) mass is 382 g/mol. The Hall–Kier alpha value is -1.80. The van der Waals surface area contributed by atoms with Crippen LogP contribution in [0.5, 0.6) is 5.75 Å². The fraction of sp³-hybridized carbons (Fsp3) is 0.538. The third-order valence-corrected chi connectivity index (χ3v) is 5.77. The summed E-state index contributed by atoms with van der Waals surface area (Å²) in [7, 11) is 0. The highest BCUT2D eigenvalue weighted by Gasteiger charge is 2.11. The van der Waals surface area contributed by atoms with E-state index in [4.69, 9.17) is 4.74 Å². The summed E-state index contributed by atoms with van der Waals surface area (Å²) in [4.78, 5) is 0. The number of ether oxygens (including phenoxy) is 1. The lowest BCUT2D eigenvalue weighted by molar-refractivity contribution is 0.277. The van der Waals surface area contributed by atoms with Gasteiger partial charge < -0.3 is 9.84 Å². The van der Waals surface area contributed by atoms with Crippen molar-refractivity contribution in [1.29, 1.82) is 0 Å². The van der Waals surface area contributed by atoms with Crippen molar-refractivity contribution in [2.75, 3.05) is 6.61 Å².